The maximum Gasteiger partial charge on any atom is 0.317 e. The molecule has 2 N–H and O–H groups in total. The largest absolute Gasteiger partial charge is 0.391 e. The van der Waals surface area contributed by atoms with Gasteiger partial charge in [-0.05, 0) is 30.0 Å². The summed E-state index contributed by atoms with van der Waals surface area (Å²) in [6.45, 7) is 3.24. The van der Waals surface area contributed by atoms with E-state index in [2.05, 4.69) is 5.32 Å². The Balaban J connectivity index is 1.90. The van der Waals surface area contributed by atoms with Gasteiger partial charge < -0.3 is 20.2 Å². The van der Waals surface area contributed by atoms with Crippen LogP contribution in [-0.2, 0) is 6.54 Å². The van der Waals surface area contributed by atoms with E-state index in [0.717, 1.165) is 6.42 Å². The molecule has 1 aromatic carbocycles. The number of hydrogen-bond donors (Lipinski definition) is 2. The fourth-order valence-corrected chi connectivity index (χ4v) is 2.55. The van der Waals surface area contributed by atoms with Gasteiger partial charge in [-0.25, -0.2) is 9.18 Å². The van der Waals surface area contributed by atoms with Crippen LogP contribution in [0.1, 0.15) is 18.9 Å². The van der Waals surface area contributed by atoms with Gasteiger partial charge in [0.2, 0.25) is 0 Å². The third-order valence-corrected chi connectivity index (χ3v) is 4.14. The molecule has 2 atom stereocenters. The van der Waals surface area contributed by atoms with E-state index in [1.54, 1.807) is 36.0 Å². The topological polar surface area (TPSA) is 55.8 Å². The summed E-state index contributed by atoms with van der Waals surface area (Å²) in [4.78, 5) is 15.4. The van der Waals surface area contributed by atoms with Gasteiger partial charge in [0.25, 0.3) is 0 Å². The van der Waals surface area contributed by atoms with Crippen LogP contribution in [-0.4, -0.2) is 49.3 Å². The first-order valence-electron chi connectivity index (χ1n) is 7.55. The number of nitrogens with zero attached hydrogens (tertiary/aromatic N) is 2. The van der Waals surface area contributed by atoms with E-state index in [0.29, 0.717) is 24.3 Å². The Bertz CT molecular complexity index is 536. The number of nitrogens with one attached hydrogen (secondary N) is 1. The lowest BCUT2D eigenvalue weighted by atomic mass is 9.96. The number of benzene rings is 1. The lowest BCUT2D eigenvalue weighted by molar-refractivity contribution is 0.0435. The monoisotopic (exact) mass is 309 g/mol. The van der Waals surface area contributed by atoms with Crippen molar-refractivity contribution in [2.24, 2.45) is 5.92 Å². The van der Waals surface area contributed by atoms with E-state index in [9.17, 15) is 14.3 Å². The number of piperidine rings is 1. The quantitative estimate of drug-likeness (QED) is 0.895. The molecule has 0 spiro atoms. The predicted molar refractivity (Wildman–Crippen MR) is 84.3 cm³/mol. The molecule has 0 aromatic heterocycles. The van der Waals surface area contributed by atoms with Crippen molar-refractivity contribution in [3.8, 4) is 0 Å². The molecule has 0 bridgehead atoms. The van der Waals surface area contributed by atoms with E-state index in [4.69, 9.17) is 0 Å². The number of β-amino-alcohol motifs (C(OH)–C–C–N with tert-alkyl or cyclic N) is 1. The van der Waals surface area contributed by atoms with Gasteiger partial charge in [-0.15, -0.1) is 0 Å². The minimum absolute atomic E-state index is 0.219. The Morgan fingerprint density at radius 1 is 1.50 bits per heavy atom. The summed E-state index contributed by atoms with van der Waals surface area (Å²) >= 11 is 0. The Morgan fingerprint density at radius 2 is 2.23 bits per heavy atom. The number of halogens is 1. The zero-order valence-electron chi connectivity index (χ0n) is 13.3. The van der Waals surface area contributed by atoms with E-state index < -0.39 is 6.10 Å². The van der Waals surface area contributed by atoms with Crippen molar-refractivity contribution in [2.45, 2.75) is 26.0 Å². The average Bonchev–Trinajstić information content (AvgIpc) is 2.47. The van der Waals surface area contributed by atoms with Crippen molar-refractivity contribution in [2.75, 3.05) is 32.1 Å². The number of aliphatic hydroxyl groups excluding tert-OH is 1. The molecule has 2 unspecified atom stereocenters. The Morgan fingerprint density at radius 3 is 2.82 bits per heavy atom. The summed E-state index contributed by atoms with van der Waals surface area (Å²) in [6, 6.07) is 4.71. The van der Waals surface area contributed by atoms with Crippen LogP contribution in [0.15, 0.2) is 18.2 Å². The summed E-state index contributed by atoms with van der Waals surface area (Å²) in [5, 5.41) is 12.6. The Labute approximate surface area is 130 Å². The van der Waals surface area contributed by atoms with Crippen LogP contribution in [0.5, 0.6) is 0 Å². The maximum absolute atomic E-state index is 13.9. The number of rotatable bonds is 3. The van der Waals surface area contributed by atoms with E-state index in [-0.39, 0.29) is 24.3 Å². The first kappa shape index (κ1) is 16.5. The predicted octanol–water partition coefficient (Wildman–Crippen LogP) is 1.80. The number of aliphatic hydroxyl groups is 1. The Hall–Kier alpha value is -1.82. The van der Waals surface area contributed by atoms with Crippen LogP contribution in [0.3, 0.4) is 0 Å². The number of anilines is 1. The van der Waals surface area contributed by atoms with Crippen molar-refractivity contribution in [3.63, 3.8) is 0 Å². The molecule has 1 aliphatic rings. The third kappa shape index (κ3) is 3.88. The number of carbonyl (C=O) groups excluding carboxylic acids is 1. The van der Waals surface area contributed by atoms with Crippen molar-refractivity contribution >= 4 is 11.7 Å². The molecule has 1 fully saturated rings. The molecule has 0 saturated carbocycles. The number of hydrogen-bond acceptors (Lipinski definition) is 3. The first-order chi connectivity index (χ1) is 10.4. The lowest BCUT2D eigenvalue weighted by Gasteiger charge is -2.34. The van der Waals surface area contributed by atoms with Gasteiger partial charge in [-0.3, -0.25) is 0 Å². The minimum atomic E-state index is -0.476. The molecular formula is C16H24FN3O2. The second-order valence-electron chi connectivity index (χ2n) is 6.12. The molecular weight excluding hydrogens is 285 g/mol. The second kappa shape index (κ2) is 6.96. The standard InChI is InChI=1S/C16H24FN3O2/c1-11-6-7-20(10-15(11)21)16(22)18-9-12-4-5-14(19(2)3)13(17)8-12/h4-5,8,11,15,21H,6-7,9-10H2,1-3H3,(H,18,22). The van der Waals surface area contributed by atoms with Gasteiger partial charge in [-0.1, -0.05) is 13.0 Å². The van der Waals surface area contributed by atoms with Crippen molar-refractivity contribution in [3.05, 3.63) is 29.6 Å². The van der Waals surface area contributed by atoms with Crippen LogP contribution >= 0.6 is 0 Å². The van der Waals surface area contributed by atoms with Crippen LogP contribution in [0.2, 0.25) is 0 Å². The van der Waals surface area contributed by atoms with Crippen LogP contribution in [0.4, 0.5) is 14.9 Å². The highest BCUT2D eigenvalue weighted by Gasteiger charge is 2.27. The molecule has 0 aliphatic carbocycles. The van der Waals surface area contributed by atoms with Crippen LogP contribution < -0.4 is 10.2 Å². The van der Waals surface area contributed by atoms with Crippen LogP contribution in [0, 0.1) is 11.7 Å². The highest BCUT2D eigenvalue weighted by atomic mass is 19.1. The number of amides is 2. The maximum atomic E-state index is 13.9. The molecule has 1 aliphatic heterocycles. The van der Waals surface area contributed by atoms with Crippen molar-refractivity contribution in [1.29, 1.82) is 0 Å². The fourth-order valence-electron chi connectivity index (χ4n) is 2.55. The molecule has 122 valence electrons. The Kier molecular flexibility index (Phi) is 5.24. The molecule has 0 radical (unpaired) electrons. The first-order valence-corrected chi connectivity index (χ1v) is 7.55. The fraction of sp³-hybridized carbons (Fsp3) is 0.562. The third-order valence-electron chi connectivity index (χ3n) is 4.14. The average molecular weight is 309 g/mol. The van der Waals surface area contributed by atoms with E-state index >= 15 is 0 Å². The van der Waals surface area contributed by atoms with Gasteiger partial charge in [-0.2, -0.15) is 0 Å². The molecule has 22 heavy (non-hydrogen) atoms. The van der Waals surface area contributed by atoms with Crippen molar-refractivity contribution in [1.82, 2.24) is 10.2 Å². The molecule has 2 rings (SSSR count). The smallest absolute Gasteiger partial charge is 0.317 e. The normalized spacial score (nSPS) is 21.6. The summed E-state index contributed by atoms with van der Waals surface area (Å²) in [6.07, 6.45) is 0.317. The van der Waals surface area contributed by atoms with Crippen molar-refractivity contribution < 1.29 is 14.3 Å². The number of likely N-dealkylation sites (tertiary alicyclic amines) is 1. The summed E-state index contributed by atoms with van der Waals surface area (Å²) < 4.78 is 13.9. The van der Waals surface area contributed by atoms with Crippen LogP contribution in [0.25, 0.3) is 0 Å². The summed E-state index contributed by atoms with van der Waals surface area (Å²) in [5.74, 6) is -0.0873. The molecule has 6 heteroatoms. The molecule has 2 amide bonds. The number of carbonyl (C=O) groups is 1. The SMILES string of the molecule is CC1CCN(C(=O)NCc2ccc(N(C)C)c(F)c2)CC1O. The van der Waals surface area contributed by atoms with Gasteiger partial charge >= 0.3 is 6.03 Å². The lowest BCUT2D eigenvalue weighted by Crippen LogP contribution is -2.49. The highest BCUT2D eigenvalue weighted by Crippen LogP contribution is 2.19. The van der Waals surface area contributed by atoms with E-state index in [1.807, 2.05) is 6.92 Å². The van der Waals surface area contributed by atoms with Gasteiger partial charge in [0.05, 0.1) is 11.8 Å². The summed E-state index contributed by atoms with van der Waals surface area (Å²) in [5.41, 5.74) is 1.23. The van der Waals surface area contributed by atoms with Gasteiger partial charge in [0.1, 0.15) is 5.82 Å². The zero-order chi connectivity index (χ0) is 16.3. The molecule has 1 heterocycles. The molecule has 1 saturated heterocycles. The van der Waals surface area contributed by atoms with Gasteiger partial charge in [0.15, 0.2) is 0 Å². The molecule has 5 nitrogen and oxygen atoms in total. The number of urea groups is 1. The highest BCUT2D eigenvalue weighted by molar-refractivity contribution is 5.74. The zero-order valence-corrected chi connectivity index (χ0v) is 13.3. The second-order valence-corrected chi connectivity index (χ2v) is 6.12. The van der Waals surface area contributed by atoms with Gasteiger partial charge in [0, 0.05) is 33.7 Å². The van der Waals surface area contributed by atoms with E-state index in [1.165, 1.54) is 6.07 Å². The molecule has 1 aromatic rings. The summed E-state index contributed by atoms with van der Waals surface area (Å²) in [7, 11) is 3.56. The minimum Gasteiger partial charge on any atom is -0.391 e.